The third kappa shape index (κ3) is 5.31. The molecule has 1 aliphatic heterocycles. The smallest absolute Gasteiger partial charge is 0.243 e. The Bertz CT molecular complexity index is 737. The van der Waals surface area contributed by atoms with E-state index in [-0.39, 0.29) is 24.6 Å². The average Bonchev–Trinajstić information content (AvgIpc) is 3.18. The van der Waals surface area contributed by atoms with Crippen molar-refractivity contribution >= 4 is 24.0 Å². The maximum Gasteiger partial charge on any atom is 0.243 e. The Morgan fingerprint density at radius 1 is 1.38 bits per heavy atom. The Kier molecular flexibility index (Phi) is 6.83. The first kappa shape index (κ1) is 21.2. The predicted molar refractivity (Wildman–Crippen MR) is 104 cm³/mol. The topological polar surface area (TPSA) is 111 Å². The normalized spacial score (nSPS) is 18.3. The summed E-state index contributed by atoms with van der Waals surface area (Å²) in [6.45, 7) is 5.07. The number of hydrogen-bond donors (Lipinski definition) is 3. The first-order chi connectivity index (χ1) is 13.9. The van der Waals surface area contributed by atoms with Crippen molar-refractivity contribution in [2.45, 2.75) is 46.0 Å². The second-order valence-corrected chi connectivity index (χ2v) is 8.19. The largest absolute Gasteiger partial charge is 0.353 e. The standard InChI is InChI=1S/C19H29FN6O3/c1-12-8-25(9-12)18-16(20)17(21-13(2)22-18)23-24-19(28)15(10-26(29)11-27)7-14-5-3-4-6-14/h11-12,14-15,29H,3-10H2,1-2H3,(H,24,28)(H,21,22,23)/t15-/m0/s1. The summed E-state index contributed by atoms with van der Waals surface area (Å²) in [7, 11) is 0. The van der Waals surface area contributed by atoms with Crippen LogP contribution in [0.15, 0.2) is 0 Å². The molecule has 1 aliphatic carbocycles. The van der Waals surface area contributed by atoms with E-state index in [1.165, 1.54) is 0 Å². The number of rotatable bonds is 9. The van der Waals surface area contributed by atoms with Crippen LogP contribution in [0.1, 0.15) is 44.9 Å². The molecule has 3 rings (SSSR count). The number of nitrogens with one attached hydrogen (secondary N) is 2. The van der Waals surface area contributed by atoms with Crippen LogP contribution in [-0.4, -0.2) is 52.2 Å². The zero-order valence-corrected chi connectivity index (χ0v) is 16.9. The van der Waals surface area contributed by atoms with Gasteiger partial charge < -0.3 is 4.90 Å². The Morgan fingerprint density at radius 3 is 2.69 bits per heavy atom. The maximum absolute atomic E-state index is 14.8. The van der Waals surface area contributed by atoms with E-state index in [4.69, 9.17) is 0 Å². The highest BCUT2D eigenvalue weighted by molar-refractivity contribution is 5.80. The molecule has 1 saturated carbocycles. The monoisotopic (exact) mass is 408 g/mol. The van der Waals surface area contributed by atoms with Crippen molar-refractivity contribution in [3.05, 3.63) is 11.6 Å². The molecule has 1 saturated heterocycles. The molecule has 2 heterocycles. The molecule has 9 nitrogen and oxygen atoms in total. The van der Waals surface area contributed by atoms with Gasteiger partial charge in [0.1, 0.15) is 5.82 Å². The van der Waals surface area contributed by atoms with Gasteiger partial charge in [-0.1, -0.05) is 32.6 Å². The summed E-state index contributed by atoms with van der Waals surface area (Å²) < 4.78 is 14.8. The third-order valence-corrected chi connectivity index (χ3v) is 5.61. The SMILES string of the molecule is Cc1nc(NNC(=O)[C@@H](CC2CCCC2)CN(O)C=O)c(F)c(N2CC(C)C2)n1. The van der Waals surface area contributed by atoms with Gasteiger partial charge in [-0.15, -0.1) is 0 Å². The molecule has 0 aromatic carbocycles. The summed E-state index contributed by atoms with van der Waals surface area (Å²) in [4.78, 5) is 33.5. The minimum Gasteiger partial charge on any atom is -0.353 e. The van der Waals surface area contributed by atoms with Gasteiger partial charge in [-0.3, -0.25) is 25.6 Å². The van der Waals surface area contributed by atoms with Crippen molar-refractivity contribution < 1.29 is 19.2 Å². The number of carbonyl (C=O) groups excluding carboxylic acids is 2. The molecule has 3 N–H and O–H groups in total. The Balaban J connectivity index is 1.66. The average molecular weight is 408 g/mol. The van der Waals surface area contributed by atoms with Gasteiger partial charge >= 0.3 is 0 Å². The molecular weight excluding hydrogens is 379 g/mol. The minimum absolute atomic E-state index is 0.101. The fourth-order valence-corrected chi connectivity index (χ4v) is 4.11. The minimum atomic E-state index is -0.619. The highest BCUT2D eigenvalue weighted by Crippen LogP contribution is 2.31. The number of halogens is 1. The summed E-state index contributed by atoms with van der Waals surface area (Å²) in [5.74, 6) is -0.279. The fraction of sp³-hybridized carbons (Fsp3) is 0.684. The van der Waals surface area contributed by atoms with Crippen molar-refractivity contribution in [3.63, 3.8) is 0 Å². The molecule has 1 atom stereocenters. The molecule has 29 heavy (non-hydrogen) atoms. The summed E-state index contributed by atoms with van der Waals surface area (Å²) in [5.41, 5.74) is 5.05. The lowest BCUT2D eigenvalue weighted by atomic mass is 9.92. The molecule has 0 spiro atoms. The van der Waals surface area contributed by atoms with E-state index < -0.39 is 17.6 Å². The predicted octanol–water partition coefficient (Wildman–Crippen LogP) is 1.87. The lowest BCUT2D eigenvalue weighted by molar-refractivity contribution is -0.154. The zero-order valence-electron chi connectivity index (χ0n) is 16.9. The van der Waals surface area contributed by atoms with Crippen molar-refractivity contribution in [2.24, 2.45) is 17.8 Å². The fourth-order valence-electron chi connectivity index (χ4n) is 4.11. The molecule has 1 aromatic rings. The van der Waals surface area contributed by atoms with Gasteiger partial charge in [0, 0.05) is 13.1 Å². The Morgan fingerprint density at radius 2 is 2.07 bits per heavy atom. The number of nitrogens with zero attached hydrogens (tertiary/aromatic N) is 4. The van der Waals surface area contributed by atoms with Gasteiger partial charge in [0.2, 0.25) is 18.1 Å². The number of aromatic nitrogens is 2. The van der Waals surface area contributed by atoms with Gasteiger partial charge in [0.05, 0.1) is 12.5 Å². The van der Waals surface area contributed by atoms with Crippen LogP contribution < -0.4 is 15.8 Å². The van der Waals surface area contributed by atoms with E-state index in [9.17, 15) is 19.2 Å². The van der Waals surface area contributed by atoms with Crippen LogP contribution in [0.25, 0.3) is 0 Å². The molecule has 0 radical (unpaired) electrons. The molecule has 2 amide bonds. The van der Waals surface area contributed by atoms with E-state index in [1.54, 1.807) is 6.92 Å². The van der Waals surface area contributed by atoms with E-state index in [0.717, 1.165) is 38.8 Å². The summed E-state index contributed by atoms with van der Waals surface area (Å²) in [6, 6.07) is 0. The van der Waals surface area contributed by atoms with Crippen LogP contribution in [0, 0.1) is 30.5 Å². The number of carbonyl (C=O) groups is 2. The van der Waals surface area contributed by atoms with Crippen LogP contribution >= 0.6 is 0 Å². The number of hydrazine groups is 1. The molecular formula is C19H29FN6O3. The van der Waals surface area contributed by atoms with Crippen LogP contribution in [-0.2, 0) is 9.59 Å². The van der Waals surface area contributed by atoms with Crippen molar-refractivity contribution in [1.29, 1.82) is 0 Å². The first-order valence-corrected chi connectivity index (χ1v) is 10.1. The summed E-state index contributed by atoms with van der Waals surface area (Å²) >= 11 is 0. The van der Waals surface area contributed by atoms with Crippen LogP contribution in [0.3, 0.4) is 0 Å². The van der Waals surface area contributed by atoms with Gasteiger partial charge in [0.15, 0.2) is 11.6 Å². The molecule has 2 aliphatic rings. The number of amides is 2. The van der Waals surface area contributed by atoms with Crippen LogP contribution in [0.2, 0.25) is 0 Å². The Hall–Kier alpha value is -2.49. The summed E-state index contributed by atoms with van der Waals surface area (Å²) in [6.07, 6.45) is 5.13. The molecule has 1 aromatic heterocycles. The van der Waals surface area contributed by atoms with E-state index in [1.807, 2.05) is 4.90 Å². The third-order valence-electron chi connectivity index (χ3n) is 5.61. The second-order valence-electron chi connectivity index (χ2n) is 8.19. The zero-order chi connectivity index (χ0) is 21.0. The number of anilines is 2. The molecule has 2 fully saturated rings. The van der Waals surface area contributed by atoms with Gasteiger partial charge in [0.25, 0.3) is 0 Å². The van der Waals surface area contributed by atoms with E-state index in [2.05, 4.69) is 27.7 Å². The van der Waals surface area contributed by atoms with E-state index >= 15 is 0 Å². The number of hydroxylamine groups is 2. The van der Waals surface area contributed by atoms with E-state index in [0.29, 0.717) is 29.1 Å². The van der Waals surface area contributed by atoms with Gasteiger partial charge in [-0.05, 0) is 25.2 Å². The number of hydrogen-bond acceptors (Lipinski definition) is 7. The molecule has 10 heteroatoms. The lowest BCUT2D eigenvalue weighted by Gasteiger charge is -2.38. The number of aryl methyl sites for hydroxylation is 1. The van der Waals surface area contributed by atoms with Crippen molar-refractivity contribution in [2.75, 3.05) is 30.0 Å². The lowest BCUT2D eigenvalue weighted by Crippen LogP contribution is -2.46. The van der Waals surface area contributed by atoms with Gasteiger partial charge in [-0.2, -0.15) is 4.39 Å². The van der Waals surface area contributed by atoms with Crippen LogP contribution in [0.4, 0.5) is 16.0 Å². The first-order valence-electron chi connectivity index (χ1n) is 10.1. The Labute approximate surface area is 169 Å². The highest BCUT2D eigenvalue weighted by atomic mass is 19.1. The second kappa shape index (κ2) is 9.34. The highest BCUT2D eigenvalue weighted by Gasteiger charge is 2.29. The summed E-state index contributed by atoms with van der Waals surface area (Å²) in [5, 5.41) is 10.0. The molecule has 0 unspecified atom stereocenters. The van der Waals surface area contributed by atoms with Gasteiger partial charge in [-0.25, -0.2) is 15.0 Å². The quantitative estimate of drug-likeness (QED) is 0.325. The molecule has 0 bridgehead atoms. The van der Waals surface area contributed by atoms with Crippen LogP contribution in [0.5, 0.6) is 0 Å². The van der Waals surface area contributed by atoms with Crippen molar-refractivity contribution in [1.82, 2.24) is 20.5 Å². The maximum atomic E-state index is 14.8. The van der Waals surface area contributed by atoms with Crippen molar-refractivity contribution in [3.8, 4) is 0 Å². The molecule has 160 valence electrons.